The molecule has 9 heteroatoms. The number of hydrogen-bond donors (Lipinski definition) is 2. The van der Waals surface area contributed by atoms with Gasteiger partial charge in [0.25, 0.3) is 5.92 Å². The Kier molecular flexibility index (Phi) is 8.02. The van der Waals surface area contributed by atoms with Crippen LogP contribution in [0.15, 0.2) is 24.5 Å². The number of nitrogens with zero attached hydrogens (tertiary/aromatic N) is 5. The van der Waals surface area contributed by atoms with Crippen molar-refractivity contribution >= 4 is 5.82 Å². The molecule has 2 fully saturated rings. The smallest absolute Gasteiger partial charge is 0.250 e. The van der Waals surface area contributed by atoms with E-state index in [1.807, 2.05) is 26.2 Å². The van der Waals surface area contributed by atoms with Gasteiger partial charge in [-0.25, -0.2) is 23.7 Å². The molecule has 0 bridgehead atoms. The molecule has 0 aromatic carbocycles. The van der Waals surface area contributed by atoms with Crippen LogP contribution < -0.4 is 10.2 Å². The van der Waals surface area contributed by atoms with E-state index in [0.29, 0.717) is 19.6 Å². The zero-order chi connectivity index (χ0) is 26.0. The van der Waals surface area contributed by atoms with E-state index in [-0.39, 0.29) is 30.7 Å². The van der Waals surface area contributed by atoms with Crippen molar-refractivity contribution in [3.8, 4) is 0 Å². The molecule has 3 atom stereocenters. The van der Waals surface area contributed by atoms with Crippen molar-refractivity contribution in [1.82, 2.24) is 25.2 Å². The van der Waals surface area contributed by atoms with Crippen LogP contribution in [0.5, 0.6) is 0 Å². The molecule has 3 unspecified atom stereocenters. The van der Waals surface area contributed by atoms with E-state index >= 15 is 0 Å². The molecule has 2 saturated heterocycles. The van der Waals surface area contributed by atoms with E-state index in [1.165, 1.54) is 12.8 Å². The molecule has 2 aromatic heterocycles. The molecule has 5 rings (SSSR count). The van der Waals surface area contributed by atoms with E-state index in [1.54, 1.807) is 0 Å². The number of anilines is 1. The topological polar surface area (TPSA) is 77.4 Å². The predicted molar refractivity (Wildman–Crippen MR) is 140 cm³/mol. The van der Waals surface area contributed by atoms with Crippen LogP contribution in [0.25, 0.3) is 0 Å². The van der Waals surface area contributed by atoms with Crippen molar-refractivity contribution in [1.29, 1.82) is 0 Å². The Morgan fingerprint density at radius 1 is 1.05 bits per heavy atom. The second-order valence-electron chi connectivity index (χ2n) is 11.2. The van der Waals surface area contributed by atoms with Crippen LogP contribution in [0.1, 0.15) is 92.9 Å². The summed E-state index contributed by atoms with van der Waals surface area (Å²) >= 11 is 0. The molecule has 0 radical (unpaired) electrons. The summed E-state index contributed by atoms with van der Waals surface area (Å²) in [4.78, 5) is 18.4. The summed E-state index contributed by atoms with van der Waals surface area (Å²) in [5.74, 6) is -0.632. The minimum Gasteiger partial charge on any atom is -0.378 e. The van der Waals surface area contributed by atoms with Gasteiger partial charge in [-0.05, 0) is 43.7 Å². The number of aliphatic hydroxyl groups excluding tert-OH is 1. The Bertz CT molecular complexity index is 1030. The molecule has 4 heterocycles. The zero-order valence-electron chi connectivity index (χ0n) is 22.0. The number of rotatable bonds is 8. The van der Waals surface area contributed by atoms with Crippen LogP contribution in [0.3, 0.4) is 0 Å². The first kappa shape index (κ1) is 26.4. The summed E-state index contributed by atoms with van der Waals surface area (Å²) in [6.45, 7) is 7.25. The number of pyridine rings is 1. The second kappa shape index (κ2) is 11.3. The molecule has 3 aliphatic rings. The molecule has 1 aliphatic carbocycles. The van der Waals surface area contributed by atoms with E-state index in [4.69, 9.17) is 4.98 Å². The second-order valence-corrected chi connectivity index (χ2v) is 11.2. The SMILES string of the molecule is CC(C)c1ncc(C(CNC(O)C2CCCc3nc(N4CCCC4)ccc32)N2CCC(F)(F)CC2)cn1. The molecule has 0 spiro atoms. The van der Waals surface area contributed by atoms with Crippen molar-refractivity contribution in [2.75, 3.05) is 37.6 Å². The van der Waals surface area contributed by atoms with Crippen LogP contribution in [0, 0.1) is 0 Å². The number of aryl methyl sites for hydroxylation is 1. The van der Waals surface area contributed by atoms with Gasteiger partial charge in [0, 0.05) is 81.1 Å². The number of hydrogen-bond acceptors (Lipinski definition) is 7. The molecule has 2 aromatic rings. The molecular formula is C28H40F2N6O. The van der Waals surface area contributed by atoms with Crippen LogP contribution in [0.2, 0.25) is 0 Å². The van der Waals surface area contributed by atoms with Gasteiger partial charge in [0.2, 0.25) is 0 Å². The average molecular weight is 515 g/mol. The van der Waals surface area contributed by atoms with Gasteiger partial charge in [-0.15, -0.1) is 0 Å². The summed E-state index contributed by atoms with van der Waals surface area (Å²) in [6.07, 6.45) is 7.81. The summed E-state index contributed by atoms with van der Waals surface area (Å²) < 4.78 is 27.8. The van der Waals surface area contributed by atoms with Gasteiger partial charge in [-0.1, -0.05) is 19.9 Å². The Hall–Kier alpha value is -2.23. The van der Waals surface area contributed by atoms with Gasteiger partial charge in [-0.2, -0.15) is 0 Å². The monoisotopic (exact) mass is 514 g/mol. The van der Waals surface area contributed by atoms with Gasteiger partial charge in [-0.3, -0.25) is 10.2 Å². The largest absolute Gasteiger partial charge is 0.378 e. The third kappa shape index (κ3) is 6.10. The maximum atomic E-state index is 13.9. The quantitative estimate of drug-likeness (QED) is 0.506. The summed E-state index contributed by atoms with van der Waals surface area (Å²) in [5.41, 5.74) is 3.09. The number of halogens is 2. The molecule has 7 nitrogen and oxygen atoms in total. The first-order chi connectivity index (χ1) is 17.8. The lowest BCUT2D eigenvalue weighted by molar-refractivity contribution is -0.0644. The van der Waals surface area contributed by atoms with Crippen LogP contribution >= 0.6 is 0 Å². The fourth-order valence-electron chi connectivity index (χ4n) is 5.95. The molecule has 2 aliphatic heterocycles. The maximum absolute atomic E-state index is 13.9. The van der Waals surface area contributed by atoms with E-state index in [2.05, 4.69) is 37.2 Å². The lowest BCUT2D eigenvalue weighted by atomic mass is 9.84. The van der Waals surface area contributed by atoms with E-state index < -0.39 is 12.2 Å². The van der Waals surface area contributed by atoms with Crippen molar-refractivity contribution in [3.63, 3.8) is 0 Å². The van der Waals surface area contributed by atoms with E-state index in [0.717, 1.165) is 60.8 Å². The first-order valence-electron chi connectivity index (χ1n) is 13.9. The lowest BCUT2D eigenvalue weighted by Gasteiger charge is -2.38. The van der Waals surface area contributed by atoms with Crippen LogP contribution in [-0.4, -0.2) is 69.8 Å². The summed E-state index contributed by atoms with van der Waals surface area (Å²) in [5, 5.41) is 14.6. The number of aromatic nitrogens is 3. The summed E-state index contributed by atoms with van der Waals surface area (Å²) in [6, 6.07) is 4.05. The lowest BCUT2D eigenvalue weighted by Crippen LogP contribution is -2.47. The van der Waals surface area contributed by atoms with E-state index in [9.17, 15) is 13.9 Å². The third-order valence-corrected chi connectivity index (χ3v) is 8.22. The predicted octanol–water partition coefficient (Wildman–Crippen LogP) is 4.40. The van der Waals surface area contributed by atoms with Crippen molar-refractivity contribution in [2.45, 2.75) is 88.8 Å². The van der Waals surface area contributed by atoms with Crippen molar-refractivity contribution in [3.05, 3.63) is 47.2 Å². The Morgan fingerprint density at radius 2 is 1.76 bits per heavy atom. The Balaban J connectivity index is 1.30. The zero-order valence-corrected chi connectivity index (χ0v) is 22.0. The fourth-order valence-corrected chi connectivity index (χ4v) is 5.95. The molecule has 2 N–H and O–H groups in total. The van der Waals surface area contributed by atoms with Gasteiger partial charge in [0.05, 0.1) is 6.04 Å². The van der Waals surface area contributed by atoms with Crippen molar-refractivity contribution < 1.29 is 13.9 Å². The maximum Gasteiger partial charge on any atom is 0.250 e. The molecule has 0 saturated carbocycles. The minimum absolute atomic E-state index is 0.0465. The van der Waals surface area contributed by atoms with Gasteiger partial charge in [0.15, 0.2) is 0 Å². The number of nitrogens with one attached hydrogen (secondary N) is 1. The molecule has 37 heavy (non-hydrogen) atoms. The normalized spacial score (nSPS) is 23.7. The first-order valence-corrected chi connectivity index (χ1v) is 13.9. The molecule has 0 amide bonds. The third-order valence-electron chi connectivity index (χ3n) is 8.22. The minimum atomic E-state index is -2.61. The number of likely N-dealkylation sites (tertiary alicyclic amines) is 1. The van der Waals surface area contributed by atoms with Gasteiger partial charge >= 0.3 is 0 Å². The molecule has 202 valence electrons. The number of aliphatic hydroxyl groups is 1. The van der Waals surface area contributed by atoms with Crippen LogP contribution in [0.4, 0.5) is 14.6 Å². The number of alkyl halides is 2. The highest BCUT2D eigenvalue weighted by Crippen LogP contribution is 2.36. The number of fused-ring (bicyclic) bond motifs is 1. The molecular weight excluding hydrogens is 474 g/mol. The fraction of sp³-hybridized carbons (Fsp3) is 0.679. The highest BCUT2D eigenvalue weighted by Gasteiger charge is 2.37. The van der Waals surface area contributed by atoms with Gasteiger partial charge in [0.1, 0.15) is 17.9 Å². The standard InChI is InChI=1S/C28H40F2N6O/c1-19(2)26-31-16-20(17-32-26)24(35-14-10-28(29,30)11-15-35)18-33-27(37)22-6-5-7-23-21(22)8-9-25(34-23)36-12-3-4-13-36/h8-9,16-17,19,22,24,27,33,37H,3-7,10-15,18H2,1-2H3. The highest BCUT2D eigenvalue weighted by molar-refractivity contribution is 5.44. The highest BCUT2D eigenvalue weighted by atomic mass is 19.3. The number of piperidine rings is 1. The van der Waals surface area contributed by atoms with Crippen LogP contribution in [-0.2, 0) is 6.42 Å². The Morgan fingerprint density at radius 3 is 2.43 bits per heavy atom. The Labute approximate surface area is 218 Å². The summed E-state index contributed by atoms with van der Waals surface area (Å²) in [7, 11) is 0. The van der Waals surface area contributed by atoms with Gasteiger partial charge < -0.3 is 10.0 Å². The van der Waals surface area contributed by atoms with Crippen molar-refractivity contribution in [2.24, 2.45) is 0 Å². The average Bonchev–Trinajstić information content (AvgIpc) is 3.44.